The molecule has 0 radical (unpaired) electrons. The molecule has 0 aromatic heterocycles. The topological polar surface area (TPSA) is 108 Å². The molecule has 0 saturated carbocycles. The summed E-state index contributed by atoms with van der Waals surface area (Å²) in [6, 6.07) is 0. The van der Waals surface area contributed by atoms with Crippen molar-refractivity contribution in [3.63, 3.8) is 0 Å². The van der Waals surface area contributed by atoms with Crippen molar-refractivity contribution in [1.29, 1.82) is 0 Å². The van der Waals surface area contributed by atoms with Gasteiger partial charge >= 0.3 is 15.6 Å². The van der Waals surface area contributed by atoms with E-state index in [0.717, 1.165) is 0 Å². The second-order valence-electron chi connectivity index (χ2n) is 11.6. The van der Waals surface area contributed by atoms with Crippen LogP contribution in [0.2, 0.25) is 78.6 Å². The molecule has 0 rings (SSSR count). The van der Waals surface area contributed by atoms with Gasteiger partial charge in [0.15, 0.2) is 33.3 Å². The van der Waals surface area contributed by atoms with Gasteiger partial charge in [-0.05, 0) is 78.6 Å². The van der Waals surface area contributed by atoms with Crippen molar-refractivity contribution in [2.45, 2.75) is 78.6 Å². The zero-order chi connectivity index (χ0) is 26.9. The molecule has 0 aliphatic carbocycles. The van der Waals surface area contributed by atoms with Gasteiger partial charge in [-0.15, -0.1) is 0 Å². The van der Waals surface area contributed by atoms with Crippen LogP contribution in [0.5, 0.6) is 0 Å². The highest BCUT2D eigenvalue weighted by Crippen LogP contribution is 2.54. The lowest BCUT2D eigenvalue weighted by Gasteiger charge is -2.30. The summed E-state index contributed by atoms with van der Waals surface area (Å²) in [6.45, 7) is 24.4. The summed E-state index contributed by atoms with van der Waals surface area (Å²) in [7, 11) is -15.8. The van der Waals surface area contributed by atoms with E-state index in [1.807, 2.05) is 78.6 Å². The Bertz CT molecular complexity index is 586. The molecule has 0 heterocycles. The molecule has 16 heteroatoms. The zero-order valence-electron chi connectivity index (χ0n) is 23.2. The second kappa shape index (κ2) is 14.2. The Morgan fingerprint density at radius 2 is 0.618 bits per heavy atom. The molecule has 34 heavy (non-hydrogen) atoms. The van der Waals surface area contributed by atoms with Gasteiger partial charge in [-0.2, -0.15) is 0 Å². The summed E-state index contributed by atoms with van der Waals surface area (Å²) in [6.07, 6.45) is 0. The summed E-state index contributed by atoms with van der Waals surface area (Å²) >= 11 is 0. The first kappa shape index (κ1) is 35.0. The van der Waals surface area contributed by atoms with E-state index in [4.69, 9.17) is 35.4 Å². The van der Waals surface area contributed by atoms with Crippen LogP contribution in [0.25, 0.3) is 0 Å². The van der Waals surface area contributed by atoms with Crippen molar-refractivity contribution in [2.75, 3.05) is 39.6 Å². The minimum Gasteiger partial charge on any atom is -0.377 e. The molecule has 0 unspecified atom stereocenters. The molecule has 0 fully saturated rings. The molecule has 0 aliphatic rings. The Morgan fingerprint density at radius 1 is 0.412 bits per heavy atom. The minimum atomic E-state index is -3.63. The van der Waals surface area contributed by atoms with Crippen molar-refractivity contribution in [2.24, 2.45) is 0 Å². The molecule has 0 aromatic rings. The lowest BCUT2D eigenvalue weighted by Crippen LogP contribution is -2.31. The van der Waals surface area contributed by atoms with Crippen LogP contribution in [0.15, 0.2) is 0 Å². The molecule has 0 aliphatic heterocycles. The third kappa shape index (κ3) is 21.1. The van der Waals surface area contributed by atoms with Gasteiger partial charge in [-0.25, -0.2) is 9.13 Å². The van der Waals surface area contributed by atoms with E-state index in [1.165, 1.54) is 0 Å². The van der Waals surface area contributed by atoms with Crippen molar-refractivity contribution in [3.8, 4) is 0 Å². The van der Waals surface area contributed by atoms with Crippen LogP contribution in [0.3, 0.4) is 0 Å². The molecule has 0 saturated heterocycles. The van der Waals surface area contributed by atoms with Crippen LogP contribution in [0.4, 0.5) is 0 Å². The van der Waals surface area contributed by atoms with Gasteiger partial charge in [-0.1, -0.05) is 0 Å². The zero-order valence-corrected chi connectivity index (χ0v) is 29.0. The summed E-state index contributed by atoms with van der Waals surface area (Å²) in [4.78, 5) is 0. The standard InChI is InChI=1S/C18H48O10P2Si4/c1-31(2,3)25-29(19,26-32(4,5)6)23-17-15-21-13-14-22-16-18-24-30(20,27-33(7,8)9)28-34(10,11)12/h13-18H2,1-12H3. The van der Waals surface area contributed by atoms with Gasteiger partial charge in [-0.3, -0.25) is 9.05 Å². The Hall–Kier alpha value is 1.01. The van der Waals surface area contributed by atoms with E-state index >= 15 is 0 Å². The molecule has 0 N–H and O–H groups in total. The number of phosphoric acid groups is 2. The first-order valence-electron chi connectivity index (χ1n) is 11.5. The summed E-state index contributed by atoms with van der Waals surface area (Å²) in [5.74, 6) is 0. The molecule has 206 valence electrons. The van der Waals surface area contributed by atoms with Crippen molar-refractivity contribution in [3.05, 3.63) is 0 Å². The van der Waals surface area contributed by atoms with Gasteiger partial charge in [0, 0.05) is 0 Å². The number of ether oxygens (including phenoxy) is 2. The lowest BCUT2D eigenvalue weighted by atomic mass is 10.7. The third-order valence-electron chi connectivity index (χ3n) is 2.87. The van der Waals surface area contributed by atoms with Crippen LogP contribution in [0, 0.1) is 0 Å². The van der Waals surface area contributed by atoms with E-state index < -0.39 is 48.9 Å². The van der Waals surface area contributed by atoms with E-state index in [-0.39, 0.29) is 26.4 Å². The maximum atomic E-state index is 13.0. The van der Waals surface area contributed by atoms with Gasteiger partial charge in [0.05, 0.1) is 39.6 Å². The molecular formula is C18H48O10P2Si4. The third-order valence-corrected chi connectivity index (χ3v) is 16.2. The van der Waals surface area contributed by atoms with Crippen LogP contribution in [0.1, 0.15) is 0 Å². The summed E-state index contributed by atoms with van der Waals surface area (Å²) < 4.78 is 70.7. The molecule has 10 nitrogen and oxygen atoms in total. The largest absolute Gasteiger partial charge is 0.455 e. The van der Waals surface area contributed by atoms with Crippen LogP contribution < -0.4 is 0 Å². The highest BCUT2D eigenvalue weighted by atomic mass is 31.2. The Kier molecular flexibility index (Phi) is 14.7. The molecule has 0 aromatic carbocycles. The van der Waals surface area contributed by atoms with E-state index in [9.17, 15) is 9.13 Å². The Morgan fingerprint density at radius 3 is 0.824 bits per heavy atom. The van der Waals surface area contributed by atoms with Gasteiger partial charge in [0.1, 0.15) is 0 Å². The molecule has 0 bridgehead atoms. The SMILES string of the molecule is C[Si](C)(C)OP(=O)(OCCOCCOCCOP(=O)(O[Si](C)(C)C)O[Si](C)(C)C)O[Si](C)(C)C. The first-order valence-corrected chi connectivity index (χ1v) is 28.1. The monoisotopic (exact) mass is 598 g/mol. The highest BCUT2D eigenvalue weighted by molar-refractivity contribution is 7.52. The maximum absolute atomic E-state index is 13.0. The van der Waals surface area contributed by atoms with E-state index in [2.05, 4.69) is 0 Å². The van der Waals surface area contributed by atoms with Crippen molar-refractivity contribution < 1.29 is 44.5 Å². The van der Waals surface area contributed by atoms with E-state index in [0.29, 0.717) is 13.2 Å². The normalized spacial score (nSPS) is 14.6. The average molecular weight is 599 g/mol. The van der Waals surface area contributed by atoms with Gasteiger partial charge in [0.2, 0.25) is 0 Å². The summed E-state index contributed by atoms with van der Waals surface area (Å²) in [5, 5.41) is 0. The fourth-order valence-electron chi connectivity index (χ4n) is 2.22. The molecule has 0 atom stereocenters. The highest BCUT2D eigenvalue weighted by Gasteiger charge is 2.39. The second-order valence-corrected chi connectivity index (χ2v) is 33.7. The van der Waals surface area contributed by atoms with Crippen LogP contribution in [-0.4, -0.2) is 72.9 Å². The minimum absolute atomic E-state index is 0.0839. The first-order chi connectivity index (χ1) is 15.0. The van der Waals surface area contributed by atoms with E-state index in [1.54, 1.807) is 0 Å². The number of hydrogen-bond donors (Lipinski definition) is 0. The molecular weight excluding hydrogens is 550 g/mol. The van der Waals surface area contributed by atoms with Crippen LogP contribution >= 0.6 is 15.6 Å². The predicted molar refractivity (Wildman–Crippen MR) is 146 cm³/mol. The number of hydrogen-bond acceptors (Lipinski definition) is 10. The summed E-state index contributed by atoms with van der Waals surface area (Å²) in [5.41, 5.74) is 0. The van der Waals surface area contributed by atoms with Crippen molar-refractivity contribution in [1.82, 2.24) is 0 Å². The maximum Gasteiger partial charge on any atom is 0.455 e. The van der Waals surface area contributed by atoms with Crippen LogP contribution in [-0.2, 0) is 44.5 Å². The quantitative estimate of drug-likeness (QED) is 0.0908. The fraction of sp³-hybridized carbons (Fsp3) is 1.00. The number of rotatable bonds is 19. The average Bonchev–Trinajstić information content (AvgIpc) is 2.49. The van der Waals surface area contributed by atoms with Crippen molar-refractivity contribution >= 4 is 48.9 Å². The smallest absolute Gasteiger partial charge is 0.377 e. The lowest BCUT2D eigenvalue weighted by molar-refractivity contribution is 0.0220. The fourth-order valence-corrected chi connectivity index (χ4v) is 15.4. The Balaban J connectivity index is 4.28. The van der Waals surface area contributed by atoms with Gasteiger partial charge < -0.3 is 26.3 Å². The predicted octanol–water partition coefficient (Wildman–Crippen LogP) is 6.68. The van der Waals surface area contributed by atoms with Gasteiger partial charge in [0.25, 0.3) is 0 Å². The molecule has 0 amide bonds. The Labute approximate surface area is 211 Å². The molecule has 0 spiro atoms.